The average molecular weight is 305 g/mol. The van der Waals surface area contributed by atoms with Gasteiger partial charge < -0.3 is 5.32 Å². The van der Waals surface area contributed by atoms with Crippen molar-refractivity contribution in [3.63, 3.8) is 0 Å². The summed E-state index contributed by atoms with van der Waals surface area (Å²) >= 11 is 17.6. The van der Waals surface area contributed by atoms with Gasteiger partial charge in [-0.1, -0.05) is 34.8 Å². The van der Waals surface area contributed by atoms with Crippen LogP contribution in [0.4, 0.5) is 10.5 Å². The first kappa shape index (κ1) is 13.2. The number of amides is 1. The number of carbonyl (C=O) groups excluding carboxylic acids is 1. The van der Waals surface area contributed by atoms with Gasteiger partial charge in [-0.2, -0.15) is 0 Å². The summed E-state index contributed by atoms with van der Waals surface area (Å²) < 4.78 is 1.21. The molecule has 0 saturated heterocycles. The van der Waals surface area contributed by atoms with E-state index < -0.39 is 6.03 Å². The third kappa shape index (κ3) is 2.61. The number of hydrogen-bond acceptors (Lipinski definition) is 2. The first-order chi connectivity index (χ1) is 8.49. The lowest BCUT2D eigenvalue weighted by atomic mass is 10.3. The van der Waals surface area contributed by atoms with E-state index in [9.17, 15) is 4.79 Å². The number of aromatic nitrogens is 2. The van der Waals surface area contributed by atoms with Gasteiger partial charge in [0.15, 0.2) is 0 Å². The highest BCUT2D eigenvalue weighted by Crippen LogP contribution is 2.25. The second kappa shape index (κ2) is 5.18. The first-order valence-corrected chi connectivity index (χ1v) is 6.08. The van der Waals surface area contributed by atoms with E-state index in [0.29, 0.717) is 21.4 Å². The van der Waals surface area contributed by atoms with Gasteiger partial charge in [-0.05, 0) is 25.1 Å². The Balaban J connectivity index is 2.21. The Kier molecular flexibility index (Phi) is 3.80. The molecule has 1 N–H and O–H groups in total. The largest absolute Gasteiger partial charge is 0.332 e. The zero-order valence-corrected chi connectivity index (χ0v) is 11.5. The summed E-state index contributed by atoms with van der Waals surface area (Å²) in [6.07, 6.45) is 1.35. The van der Waals surface area contributed by atoms with E-state index >= 15 is 0 Å². The van der Waals surface area contributed by atoms with Crippen molar-refractivity contribution < 1.29 is 4.79 Å². The van der Waals surface area contributed by atoms with Gasteiger partial charge in [0.1, 0.15) is 11.5 Å². The number of hydrogen-bond donors (Lipinski definition) is 1. The van der Waals surface area contributed by atoms with Crippen molar-refractivity contribution in [3.05, 3.63) is 45.4 Å². The minimum Gasteiger partial charge on any atom is -0.307 e. The predicted octanol–water partition coefficient (Wildman–Crippen LogP) is 4.23. The summed E-state index contributed by atoms with van der Waals surface area (Å²) in [5, 5.41) is 3.69. The molecule has 0 saturated carbocycles. The molecule has 0 aliphatic carbocycles. The molecule has 94 valence electrons. The number of carbonyl (C=O) groups is 1. The molecule has 18 heavy (non-hydrogen) atoms. The molecule has 1 heterocycles. The van der Waals surface area contributed by atoms with Gasteiger partial charge in [0.05, 0.1) is 15.7 Å². The van der Waals surface area contributed by atoms with Crippen molar-refractivity contribution >= 4 is 46.5 Å². The average Bonchev–Trinajstić information content (AvgIpc) is 2.65. The van der Waals surface area contributed by atoms with Crippen LogP contribution in [0.3, 0.4) is 0 Å². The molecule has 1 aromatic heterocycles. The topological polar surface area (TPSA) is 46.9 Å². The third-order valence-electron chi connectivity index (χ3n) is 2.27. The lowest BCUT2D eigenvalue weighted by molar-refractivity contribution is 0.253. The van der Waals surface area contributed by atoms with E-state index in [4.69, 9.17) is 34.8 Å². The van der Waals surface area contributed by atoms with Crippen LogP contribution in [0, 0.1) is 6.92 Å². The highest BCUT2D eigenvalue weighted by molar-refractivity contribution is 6.42. The monoisotopic (exact) mass is 303 g/mol. The Bertz CT molecular complexity index is 610. The fourth-order valence-electron chi connectivity index (χ4n) is 1.32. The van der Waals surface area contributed by atoms with Crippen LogP contribution in [0.15, 0.2) is 24.5 Å². The maximum atomic E-state index is 11.9. The summed E-state index contributed by atoms with van der Waals surface area (Å²) in [6.45, 7) is 1.71. The highest BCUT2D eigenvalue weighted by Gasteiger charge is 2.12. The molecule has 7 heteroatoms. The zero-order valence-electron chi connectivity index (χ0n) is 9.25. The molecular weight excluding hydrogens is 296 g/mol. The van der Waals surface area contributed by atoms with Crippen molar-refractivity contribution in [1.29, 1.82) is 0 Å². The lowest BCUT2D eigenvalue weighted by Crippen LogP contribution is -2.18. The van der Waals surface area contributed by atoms with E-state index in [2.05, 4.69) is 10.3 Å². The van der Waals surface area contributed by atoms with E-state index in [1.165, 1.54) is 10.9 Å². The minimum absolute atomic E-state index is 0.271. The van der Waals surface area contributed by atoms with Crippen LogP contribution in [0.25, 0.3) is 0 Å². The molecule has 2 rings (SSSR count). The summed E-state index contributed by atoms with van der Waals surface area (Å²) in [7, 11) is 0. The molecule has 2 aromatic rings. The number of aryl methyl sites for hydroxylation is 1. The minimum atomic E-state index is -0.418. The summed E-state index contributed by atoms with van der Waals surface area (Å²) in [5.41, 5.74) is 1.11. The molecule has 0 radical (unpaired) electrons. The Morgan fingerprint density at radius 1 is 1.28 bits per heavy atom. The number of nitrogens with zero attached hydrogens (tertiary/aromatic N) is 2. The van der Waals surface area contributed by atoms with E-state index in [-0.39, 0.29) is 5.15 Å². The van der Waals surface area contributed by atoms with Crippen LogP contribution in [0.1, 0.15) is 5.69 Å². The van der Waals surface area contributed by atoms with Crippen molar-refractivity contribution in [1.82, 2.24) is 9.55 Å². The number of nitrogens with one attached hydrogen (secondary N) is 1. The smallest absolute Gasteiger partial charge is 0.307 e. The molecule has 0 aliphatic heterocycles. The van der Waals surface area contributed by atoms with E-state index in [1.54, 1.807) is 25.1 Å². The summed E-state index contributed by atoms with van der Waals surface area (Å²) in [5.74, 6) is 0. The summed E-state index contributed by atoms with van der Waals surface area (Å²) in [6, 6.07) is 4.38. The molecule has 0 atom stereocenters. The SMILES string of the molecule is Cc1ncn(C(=O)Nc2ccc(Cl)c(Cl)c2)c1Cl. The molecule has 0 bridgehead atoms. The van der Waals surface area contributed by atoms with Crippen LogP contribution in [-0.4, -0.2) is 15.6 Å². The Hall–Kier alpha value is -1.23. The lowest BCUT2D eigenvalue weighted by Gasteiger charge is -2.07. The highest BCUT2D eigenvalue weighted by atomic mass is 35.5. The molecule has 1 aromatic carbocycles. The van der Waals surface area contributed by atoms with Crippen molar-refractivity contribution in [3.8, 4) is 0 Å². The third-order valence-corrected chi connectivity index (χ3v) is 3.46. The van der Waals surface area contributed by atoms with Crippen molar-refractivity contribution in [2.45, 2.75) is 6.92 Å². The van der Waals surface area contributed by atoms with Crippen LogP contribution >= 0.6 is 34.8 Å². The maximum absolute atomic E-state index is 11.9. The van der Waals surface area contributed by atoms with Gasteiger partial charge in [0.2, 0.25) is 0 Å². The van der Waals surface area contributed by atoms with Crippen LogP contribution in [-0.2, 0) is 0 Å². The standard InChI is InChI=1S/C11H8Cl3N3O/c1-6-10(14)17(5-15-6)11(18)16-7-2-3-8(12)9(13)4-7/h2-5H,1H3,(H,16,18). The predicted molar refractivity (Wildman–Crippen MR) is 72.9 cm³/mol. The zero-order chi connectivity index (χ0) is 13.3. The first-order valence-electron chi connectivity index (χ1n) is 4.95. The maximum Gasteiger partial charge on any atom is 0.332 e. The molecule has 1 amide bonds. The second-order valence-corrected chi connectivity index (χ2v) is 4.72. The van der Waals surface area contributed by atoms with Crippen LogP contribution in [0.5, 0.6) is 0 Å². The molecule has 0 unspecified atom stereocenters. The number of benzene rings is 1. The van der Waals surface area contributed by atoms with Crippen molar-refractivity contribution in [2.75, 3.05) is 5.32 Å². The Morgan fingerprint density at radius 3 is 2.56 bits per heavy atom. The van der Waals surface area contributed by atoms with Gasteiger partial charge in [0, 0.05) is 5.69 Å². The van der Waals surface area contributed by atoms with Crippen molar-refractivity contribution in [2.24, 2.45) is 0 Å². The summed E-state index contributed by atoms with van der Waals surface area (Å²) in [4.78, 5) is 15.8. The molecule has 4 nitrogen and oxygen atoms in total. The molecule has 0 spiro atoms. The number of imidazole rings is 1. The fourth-order valence-corrected chi connectivity index (χ4v) is 1.79. The van der Waals surface area contributed by atoms with Gasteiger partial charge in [0.25, 0.3) is 0 Å². The van der Waals surface area contributed by atoms with E-state index in [0.717, 1.165) is 0 Å². The Labute approximate surface area is 118 Å². The molecular formula is C11H8Cl3N3O. The Morgan fingerprint density at radius 2 is 2.00 bits per heavy atom. The van der Waals surface area contributed by atoms with E-state index in [1.807, 2.05) is 0 Å². The van der Waals surface area contributed by atoms with Gasteiger partial charge in [-0.15, -0.1) is 0 Å². The van der Waals surface area contributed by atoms with Gasteiger partial charge >= 0.3 is 6.03 Å². The number of anilines is 1. The number of rotatable bonds is 1. The van der Waals surface area contributed by atoms with Gasteiger partial charge in [-0.25, -0.2) is 14.3 Å². The van der Waals surface area contributed by atoms with Crippen LogP contribution in [0.2, 0.25) is 15.2 Å². The quantitative estimate of drug-likeness (QED) is 0.857. The fraction of sp³-hybridized carbons (Fsp3) is 0.0909. The normalized spacial score (nSPS) is 10.4. The molecule has 0 fully saturated rings. The number of halogens is 3. The van der Waals surface area contributed by atoms with Crippen LogP contribution < -0.4 is 5.32 Å². The second-order valence-electron chi connectivity index (χ2n) is 3.55. The molecule has 0 aliphatic rings. The van der Waals surface area contributed by atoms with Gasteiger partial charge in [-0.3, -0.25) is 0 Å².